The van der Waals surface area contributed by atoms with Gasteiger partial charge in [0.1, 0.15) is 5.69 Å². The van der Waals surface area contributed by atoms with Gasteiger partial charge in [0.15, 0.2) is 5.65 Å². The van der Waals surface area contributed by atoms with Crippen molar-refractivity contribution in [1.29, 1.82) is 0 Å². The Kier molecular flexibility index (Phi) is 5.43. The van der Waals surface area contributed by atoms with Crippen LogP contribution < -0.4 is 0 Å². The van der Waals surface area contributed by atoms with Gasteiger partial charge < -0.3 is 9.80 Å². The van der Waals surface area contributed by atoms with Gasteiger partial charge in [0.05, 0.1) is 11.6 Å². The SMILES string of the molecule is CCc1cc(C(F)(F)F)n2nc([C@@H]3CCN(C(=O)[C@H]4CC(=O)N(C(C)C)C4)C3)cc2n1. The van der Waals surface area contributed by atoms with Gasteiger partial charge >= 0.3 is 6.18 Å². The van der Waals surface area contributed by atoms with E-state index in [1.807, 2.05) is 13.8 Å². The highest BCUT2D eigenvalue weighted by Gasteiger charge is 2.40. The van der Waals surface area contributed by atoms with E-state index in [2.05, 4.69) is 10.1 Å². The Labute approximate surface area is 178 Å². The van der Waals surface area contributed by atoms with E-state index in [4.69, 9.17) is 0 Å². The summed E-state index contributed by atoms with van der Waals surface area (Å²) in [5, 5.41) is 4.21. The Balaban J connectivity index is 1.53. The Hall–Kier alpha value is -2.65. The quantitative estimate of drug-likeness (QED) is 0.738. The van der Waals surface area contributed by atoms with Crippen LogP contribution in [-0.2, 0) is 22.2 Å². The smallest absolute Gasteiger partial charge is 0.342 e. The van der Waals surface area contributed by atoms with Crippen LogP contribution in [0.4, 0.5) is 13.2 Å². The second kappa shape index (κ2) is 7.80. The second-order valence-corrected chi connectivity index (χ2v) is 8.63. The van der Waals surface area contributed by atoms with Gasteiger partial charge in [-0.3, -0.25) is 9.59 Å². The summed E-state index contributed by atoms with van der Waals surface area (Å²) in [6.07, 6.45) is -3.32. The van der Waals surface area contributed by atoms with Crippen molar-refractivity contribution in [2.45, 2.75) is 58.2 Å². The van der Waals surface area contributed by atoms with E-state index in [1.54, 1.807) is 22.8 Å². The van der Waals surface area contributed by atoms with Crippen molar-refractivity contribution in [3.63, 3.8) is 0 Å². The highest BCUT2D eigenvalue weighted by molar-refractivity contribution is 5.89. The highest BCUT2D eigenvalue weighted by atomic mass is 19.4. The van der Waals surface area contributed by atoms with Gasteiger partial charge in [-0.2, -0.15) is 18.3 Å². The van der Waals surface area contributed by atoms with Crippen LogP contribution in [-0.4, -0.2) is 61.9 Å². The average Bonchev–Trinajstić information content (AvgIpc) is 3.42. The third-order valence-corrected chi connectivity index (χ3v) is 6.20. The molecule has 7 nitrogen and oxygen atoms in total. The molecule has 4 heterocycles. The first-order chi connectivity index (χ1) is 14.6. The second-order valence-electron chi connectivity index (χ2n) is 8.63. The summed E-state index contributed by atoms with van der Waals surface area (Å²) in [6, 6.07) is 2.68. The molecule has 2 aromatic rings. The molecule has 2 aliphatic rings. The fourth-order valence-electron chi connectivity index (χ4n) is 4.48. The number of aromatic nitrogens is 3. The number of rotatable bonds is 4. The predicted octanol–water partition coefficient (Wildman–Crippen LogP) is 2.88. The van der Waals surface area contributed by atoms with Gasteiger partial charge in [-0.05, 0) is 32.8 Å². The van der Waals surface area contributed by atoms with Gasteiger partial charge in [0.25, 0.3) is 0 Å². The third kappa shape index (κ3) is 3.99. The molecule has 2 atom stereocenters. The number of likely N-dealkylation sites (tertiary alicyclic amines) is 2. The molecule has 2 amide bonds. The first-order valence-electron chi connectivity index (χ1n) is 10.6. The van der Waals surface area contributed by atoms with Gasteiger partial charge in [0.2, 0.25) is 11.8 Å². The van der Waals surface area contributed by atoms with Crippen molar-refractivity contribution < 1.29 is 22.8 Å². The molecule has 0 N–H and O–H groups in total. The molecule has 0 radical (unpaired) electrons. The average molecular weight is 437 g/mol. The summed E-state index contributed by atoms with van der Waals surface area (Å²) in [4.78, 5) is 32.8. The van der Waals surface area contributed by atoms with Crippen LogP contribution >= 0.6 is 0 Å². The molecule has 10 heteroatoms. The number of hydrogen-bond acceptors (Lipinski definition) is 4. The maximum Gasteiger partial charge on any atom is 0.433 e. The highest BCUT2D eigenvalue weighted by Crippen LogP contribution is 2.33. The van der Waals surface area contributed by atoms with Gasteiger partial charge in [0, 0.05) is 49.8 Å². The Morgan fingerprint density at radius 3 is 2.61 bits per heavy atom. The summed E-state index contributed by atoms with van der Waals surface area (Å²) < 4.78 is 41.4. The normalized spacial score (nSPS) is 22.4. The minimum Gasteiger partial charge on any atom is -0.342 e. The summed E-state index contributed by atoms with van der Waals surface area (Å²) in [6.45, 7) is 6.91. The number of hydrogen-bond donors (Lipinski definition) is 0. The van der Waals surface area contributed by atoms with Crippen molar-refractivity contribution >= 4 is 17.5 Å². The van der Waals surface area contributed by atoms with Crippen LogP contribution in [0.15, 0.2) is 12.1 Å². The Morgan fingerprint density at radius 1 is 1.26 bits per heavy atom. The lowest BCUT2D eigenvalue weighted by molar-refractivity contribution is -0.142. The van der Waals surface area contributed by atoms with E-state index in [0.29, 0.717) is 43.9 Å². The van der Waals surface area contributed by atoms with Crippen LogP contribution in [0.2, 0.25) is 0 Å². The third-order valence-electron chi connectivity index (χ3n) is 6.20. The number of carbonyl (C=O) groups excluding carboxylic acids is 2. The van der Waals surface area contributed by atoms with Crippen LogP contribution in [0.25, 0.3) is 5.65 Å². The number of nitrogens with zero attached hydrogens (tertiary/aromatic N) is 5. The molecule has 0 aromatic carbocycles. The van der Waals surface area contributed by atoms with E-state index in [0.717, 1.165) is 10.6 Å². The standard InChI is InChI=1S/C21H26F3N5O2/c1-4-15-8-17(21(22,23)24)29-18(25-15)9-16(26-29)13-5-6-27(10-13)20(31)14-7-19(30)28(11-14)12(2)3/h8-9,12-14H,4-7,10-11H2,1-3H3/t13-,14+/m1/s1. The molecule has 2 fully saturated rings. The number of carbonyl (C=O) groups is 2. The molecule has 2 aromatic heterocycles. The van der Waals surface area contributed by atoms with Gasteiger partial charge in [-0.15, -0.1) is 0 Å². The zero-order valence-electron chi connectivity index (χ0n) is 17.8. The summed E-state index contributed by atoms with van der Waals surface area (Å²) in [7, 11) is 0. The molecule has 2 saturated heterocycles. The molecule has 168 valence electrons. The molecule has 0 bridgehead atoms. The van der Waals surface area contributed by atoms with Crippen LogP contribution in [0.1, 0.15) is 56.6 Å². The maximum absolute atomic E-state index is 13.5. The number of amides is 2. The molecule has 31 heavy (non-hydrogen) atoms. The molecule has 0 spiro atoms. The molecule has 0 saturated carbocycles. The number of alkyl halides is 3. The lowest BCUT2D eigenvalue weighted by Crippen LogP contribution is -2.37. The fourth-order valence-corrected chi connectivity index (χ4v) is 4.48. The van der Waals surface area contributed by atoms with Crippen LogP contribution in [0.5, 0.6) is 0 Å². The number of fused-ring (bicyclic) bond motifs is 1. The zero-order chi connectivity index (χ0) is 22.5. The van der Waals surface area contributed by atoms with Gasteiger partial charge in [-0.1, -0.05) is 6.92 Å². The van der Waals surface area contributed by atoms with E-state index in [-0.39, 0.29) is 41.8 Å². The number of aryl methyl sites for hydroxylation is 1. The summed E-state index contributed by atoms with van der Waals surface area (Å²) in [5.74, 6) is -0.595. The van der Waals surface area contributed by atoms with Crippen molar-refractivity contribution in [2.75, 3.05) is 19.6 Å². The van der Waals surface area contributed by atoms with E-state index < -0.39 is 11.9 Å². The lowest BCUT2D eigenvalue weighted by Gasteiger charge is -2.23. The fraction of sp³-hybridized carbons (Fsp3) is 0.619. The molecule has 2 aliphatic heterocycles. The first kappa shape index (κ1) is 21.6. The zero-order valence-corrected chi connectivity index (χ0v) is 17.8. The maximum atomic E-state index is 13.5. The molecular weight excluding hydrogens is 411 g/mol. The lowest BCUT2D eigenvalue weighted by atomic mass is 10.1. The summed E-state index contributed by atoms with van der Waals surface area (Å²) >= 11 is 0. The largest absolute Gasteiger partial charge is 0.433 e. The minimum absolute atomic E-state index is 0.0121. The van der Waals surface area contributed by atoms with E-state index in [1.165, 1.54) is 0 Å². The van der Waals surface area contributed by atoms with Crippen molar-refractivity contribution in [1.82, 2.24) is 24.4 Å². The number of halogens is 3. The molecular formula is C21H26F3N5O2. The minimum atomic E-state index is -4.54. The predicted molar refractivity (Wildman–Crippen MR) is 106 cm³/mol. The van der Waals surface area contributed by atoms with Crippen molar-refractivity contribution in [3.05, 3.63) is 29.2 Å². The van der Waals surface area contributed by atoms with E-state index >= 15 is 0 Å². The van der Waals surface area contributed by atoms with Crippen molar-refractivity contribution in [3.8, 4) is 0 Å². The summed E-state index contributed by atoms with van der Waals surface area (Å²) in [5.41, 5.74) is 0.188. The molecule has 0 aliphatic carbocycles. The first-order valence-corrected chi connectivity index (χ1v) is 10.6. The Bertz CT molecular complexity index is 1020. The Morgan fingerprint density at radius 2 is 2.00 bits per heavy atom. The van der Waals surface area contributed by atoms with Gasteiger partial charge in [-0.25, -0.2) is 9.50 Å². The monoisotopic (exact) mass is 437 g/mol. The molecule has 4 rings (SSSR count). The van der Waals surface area contributed by atoms with E-state index in [9.17, 15) is 22.8 Å². The molecule has 0 unspecified atom stereocenters. The van der Waals surface area contributed by atoms with Crippen molar-refractivity contribution in [2.24, 2.45) is 5.92 Å². The van der Waals surface area contributed by atoms with Crippen LogP contribution in [0.3, 0.4) is 0 Å². The van der Waals surface area contributed by atoms with Crippen LogP contribution in [0, 0.1) is 5.92 Å². The topological polar surface area (TPSA) is 70.8 Å².